The first-order valence-electron chi connectivity index (χ1n) is 5.47. The van der Waals surface area contributed by atoms with Gasteiger partial charge in [-0.2, -0.15) is 0 Å². The topological polar surface area (TPSA) is 58.6 Å². The molecule has 0 radical (unpaired) electrons. The average molecular weight is 269 g/mol. The first-order valence-corrected chi connectivity index (χ1v) is 5.84. The lowest BCUT2D eigenvalue weighted by molar-refractivity contribution is -0.132. The summed E-state index contributed by atoms with van der Waals surface area (Å²) in [6.07, 6.45) is 0. The molecule has 1 atom stereocenters. The third-order valence-electron chi connectivity index (χ3n) is 2.89. The van der Waals surface area contributed by atoms with Crippen LogP contribution in [-0.2, 0) is 9.59 Å². The molecular weight excluding hydrogens is 256 g/mol. The number of hydrogen-bond donors (Lipinski definition) is 1. The summed E-state index contributed by atoms with van der Waals surface area (Å²) in [6.45, 7) is 1.87. The fourth-order valence-corrected chi connectivity index (χ4v) is 2.12. The van der Waals surface area contributed by atoms with E-state index < -0.39 is 6.04 Å². The van der Waals surface area contributed by atoms with Crippen LogP contribution >= 0.6 is 11.6 Å². The molecule has 0 saturated carbocycles. The van der Waals surface area contributed by atoms with Gasteiger partial charge in [0.2, 0.25) is 11.8 Å². The number of piperazine rings is 1. The first-order chi connectivity index (χ1) is 8.52. The van der Waals surface area contributed by atoms with E-state index in [1.165, 1.54) is 7.11 Å². The number of anilines is 1. The average Bonchev–Trinajstić information content (AvgIpc) is 2.33. The van der Waals surface area contributed by atoms with Crippen LogP contribution in [0.4, 0.5) is 5.69 Å². The zero-order chi connectivity index (χ0) is 13.3. The molecule has 0 aromatic heterocycles. The Hall–Kier alpha value is -1.75. The van der Waals surface area contributed by atoms with Gasteiger partial charge in [-0.15, -0.1) is 0 Å². The zero-order valence-corrected chi connectivity index (χ0v) is 10.8. The molecule has 1 unspecified atom stereocenters. The molecule has 1 aliphatic heterocycles. The van der Waals surface area contributed by atoms with Crippen molar-refractivity contribution in [3.63, 3.8) is 0 Å². The minimum absolute atomic E-state index is 0.134. The van der Waals surface area contributed by atoms with E-state index >= 15 is 0 Å². The molecule has 6 heteroatoms. The molecule has 2 rings (SSSR count). The van der Waals surface area contributed by atoms with Gasteiger partial charge >= 0.3 is 0 Å². The van der Waals surface area contributed by atoms with E-state index in [-0.39, 0.29) is 18.4 Å². The standard InChI is InChI=1S/C12H13ClN2O3/c1-7-12(17)14-11(16)6-15(7)8-3-4-10(18-2)9(13)5-8/h3-5,7H,6H2,1-2H3,(H,14,16,17). The molecule has 1 aliphatic rings. The van der Waals surface area contributed by atoms with Crippen LogP contribution in [0.5, 0.6) is 5.75 Å². The largest absolute Gasteiger partial charge is 0.495 e. The molecular formula is C12H13ClN2O3. The minimum Gasteiger partial charge on any atom is -0.495 e. The van der Waals surface area contributed by atoms with E-state index in [4.69, 9.17) is 16.3 Å². The van der Waals surface area contributed by atoms with Crippen molar-refractivity contribution in [3.8, 4) is 5.75 Å². The molecule has 0 bridgehead atoms. The smallest absolute Gasteiger partial charge is 0.249 e. The SMILES string of the molecule is COc1ccc(N2CC(=O)NC(=O)C2C)cc1Cl. The van der Waals surface area contributed by atoms with Crippen molar-refractivity contribution in [2.75, 3.05) is 18.6 Å². The molecule has 2 amide bonds. The molecule has 1 aromatic carbocycles. The van der Waals surface area contributed by atoms with Crippen molar-refractivity contribution >= 4 is 29.1 Å². The quantitative estimate of drug-likeness (QED) is 0.819. The van der Waals surface area contributed by atoms with Gasteiger partial charge in [-0.05, 0) is 25.1 Å². The highest BCUT2D eigenvalue weighted by Gasteiger charge is 2.30. The summed E-state index contributed by atoms with van der Waals surface area (Å²) in [5, 5.41) is 2.73. The highest BCUT2D eigenvalue weighted by Crippen LogP contribution is 2.30. The maximum atomic E-state index is 11.6. The van der Waals surface area contributed by atoms with Gasteiger partial charge in [-0.3, -0.25) is 14.9 Å². The second-order valence-electron chi connectivity index (χ2n) is 4.04. The third kappa shape index (κ3) is 2.26. The van der Waals surface area contributed by atoms with Crippen molar-refractivity contribution in [1.29, 1.82) is 0 Å². The number of carbonyl (C=O) groups excluding carboxylic acids is 2. The van der Waals surface area contributed by atoms with Gasteiger partial charge in [0.05, 0.1) is 18.7 Å². The van der Waals surface area contributed by atoms with Crippen LogP contribution in [0.1, 0.15) is 6.92 Å². The maximum absolute atomic E-state index is 11.6. The molecule has 0 aliphatic carbocycles. The number of carbonyl (C=O) groups is 2. The van der Waals surface area contributed by atoms with Crippen molar-refractivity contribution < 1.29 is 14.3 Å². The molecule has 1 N–H and O–H groups in total. The number of halogens is 1. The number of imide groups is 1. The van der Waals surface area contributed by atoms with Crippen molar-refractivity contribution in [3.05, 3.63) is 23.2 Å². The third-order valence-corrected chi connectivity index (χ3v) is 3.19. The number of ether oxygens (including phenoxy) is 1. The van der Waals surface area contributed by atoms with Gasteiger partial charge < -0.3 is 9.64 Å². The Labute approximate surface area is 110 Å². The molecule has 1 saturated heterocycles. The summed E-state index contributed by atoms with van der Waals surface area (Å²) < 4.78 is 5.06. The van der Waals surface area contributed by atoms with Crippen LogP contribution in [0.15, 0.2) is 18.2 Å². The predicted octanol–water partition coefficient (Wildman–Crippen LogP) is 1.20. The van der Waals surface area contributed by atoms with Crippen LogP contribution in [0, 0.1) is 0 Å². The van der Waals surface area contributed by atoms with Gasteiger partial charge in [-0.1, -0.05) is 11.6 Å². The molecule has 5 nitrogen and oxygen atoms in total. The molecule has 1 heterocycles. The van der Waals surface area contributed by atoms with E-state index in [1.54, 1.807) is 30.0 Å². The number of rotatable bonds is 2. The number of amides is 2. The molecule has 96 valence electrons. The number of nitrogens with one attached hydrogen (secondary N) is 1. The van der Waals surface area contributed by atoms with Crippen LogP contribution in [0.3, 0.4) is 0 Å². The van der Waals surface area contributed by atoms with Crippen LogP contribution in [0.25, 0.3) is 0 Å². The lowest BCUT2D eigenvalue weighted by Gasteiger charge is -2.33. The predicted molar refractivity (Wildman–Crippen MR) is 68.0 cm³/mol. The Kier molecular flexibility index (Phi) is 3.43. The normalized spacial score (nSPS) is 19.7. The van der Waals surface area contributed by atoms with Gasteiger partial charge in [0.1, 0.15) is 11.8 Å². The Bertz CT molecular complexity index is 504. The van der Waals surface area contributed by atoms with Crippen molar-refractivity contribution in [2.45, 2.75) is 13.0 Å². The second-order valence-corrected chi connectivity index (χ2v) is 4.44. The number of nitrogens with zero attached hydrogens (tertiary/aromatic N) is 1. The van der Waals surface area contributed by atoms with E-state index in [1.807, 2.05) is 0 Å². The summed E-state index contributed by atoms with van der Waals surface area (Å²) in [6, 6.07) is 4.75. The van der Waals surface area contributed by atoms with Crippen LogP contribution < -0.4 is 15.0 Å². The van der Waals surface area contributed by atoms with Gasteiger partial charge in [0.15, 0.2) is 0 Å². The van der Waals surface area contributed by atoms with Gasteiger partial charge in [-0.25, -0.2) is 0 Å². The lowest BCUT2D eigenvalue weighted by atomic mass is 10.1. The Morgan fingerprint density at radius 3 is 2.78 bits per heavy atom. The number of benzene rings is 1. The Balaban J connectivity index is 2.32. The molecule has 0 spiro atoms. The minimum atomic E-state index is -0.410. The summed E-state index contributed by atoms with van der Waals surface area (Å²) in [5.41, 5.74) is 0.719. The first kappa shape index (κ1) is 12.7. The monoisotopic (exact) mass is 268 g/mol. The Morgan fingerprint density at radius 2 is 2.17 bits per heavy atom. The zero-order valence-electron chi connectivity index (χ0n) is 10.1. The summed E-state index contributed by atoms with van der Waals surface area (Å²) in [5.74, 6) is -0.0657. The Morgan fingerprint density at radius 1 is 1.44 bits per heavy atom. The number of methoxy groups -OCH3 is 1. The van der Waals surface area contributed by atoms with Crippen molar-refractivity contribution in [1.82, 2.24) is 5.32 Å². The fraction of sp³-hybridized carbons (Fsp3) is 0.333. The van der Waals surface area contributed by atoms with Gasteiger partial charge in [0.25, 0.3) is 0 Å². The van der Waals surface area contributed by atoms with E-state index in [0.29, 0.717) is 10.8 Å². The lowest BCUT2D eigenvalue weighted by Crippen LogP contribution is -2.57. The van der Waals surface area contributed by atoms with E-state index in [2.05, 4.69) is 5.32 Å². The maximum Gasteiger partial charge on any atom is 0.249 e. The van der Waals surface area contributed by atoms with Crippen molar-refractivity contribution in [2.24, 2.45) is 0 Å². The molecule has 1 fully saturated rings. The van der Waals surface area contributed by atoms with Crippen LogP contribution in [-0.4, -0.2) is 31.5 Å². The van der Waals surface area contributed by atoms with E-state index in [0.717, 1.165) is 5.69 Å². The molecule has 1 aromatic rings. The summed E-state index contributed by atoms with van der Waals surface area (Å²) in [7, 11) is 1.53. The highest BCUT2D eigenvalue weighted by molar-refractivity contribution is 6.32. The summed E-state index contributed by atoms with van der Waals surface area (Å²) in [4.78, 5) is 24.6. The highest BCUT2D eigenvalue weighted by atomic mass is 35.5. The van der Waals surface area contributed by atoms with E-state index in [9.17, 15) is 9.59 Å². The second kappa shape index (κ2) is 4.86. The number of hydrogen-bond acceptors (Lipinski definition) is 4. The van der Waals surface area contributed by atoms with Crippen LogP contribution in [0.2, 0.25) is 5.02 Å². The van der Waals surface area contributed by atoms with Gasteiger partial charge in [0, 0.05) is 5.69 Å². The fourth-order valence-electron chi connectivity index (χ4n) is 1.86. The molecule has 18 heavy (non-hydrogen) atoms. The summed E-state index contributed by atoms with van der Waals surface area (Å²) >= 11 is 6.03.